The number of hydrogen-bond donors (Lipinski definition) is 2. The number of amides is 2. The van der Waals surface area contributed by atoms with Gasteiger partial charge in [0.05, 0.1) is 11.6 Å². The molecule has 28 heavy (non-hydrogen) atoms. The summed E-state index contributed by atoms with van der Waals surface area (Å²) in [6.07, 6.45) is 1.96. The fraction of sp³-hybridized carbons (Fsp3) is 0.333. The van der Waals surface area contributed by atoms with Crippen molar-refractivity contribution in [2.24, 2.45) is 5.92 Å². The highest BCUT2D eigenvalue weighted by molar-refractivity contribution is 5.97. The second-order valence-electron chi connectivity index (χ2n) is 7.19. The zero-order valence-electron chi connectivity index (χ0n) is 16.0. The fourth-order valence-electron chi connectivity index (χ4n) is 3.16. The summed E-state index contributed by atoms with van der Waals surface area (Å²) < 4.78 is 1.79. The third kappa shape index (κ3) is 3.74. The van der Waals surface area contributed by atoms with Crippen LogP contribution in [0.5, 0.6) is 0 Å². The van der Waals surface area contributed by atoms with E-state index in [1.807, 2.05) is 44.2 Å². The number of anilines is 1. The molecule has 1 atom stereocenters. The summed E-state index contributed by atoms with van der Waals surface area (Å²) >= 11 is 0. The highest BCUT2D eigenvalue weighted by atomic mass is 16.2. The molecule has 3 aromatic rings. The Kier molecular flexibility index (Phi) is 4.81. The van der Waals surface area contributed by atoms with Crippen molar-refractivity contribution in [3.8, 4) is 0 Å². The fourth-order valence-corrected chi connectivity index (χ4v) is 3.16. The van der Waals surface area contributed by atoms with Crippen LogP contribution < -0.4 is 10.6 Å². The van der Waals surface area contributed by atoms with Crippen LogP contribution in [0.2, 0.25) is 0 Å². The average Bonchev–Trinajstić information content (AvgIpc) is 3.48. The summed E-state index contributed by atoms with van der Waals surface area (Å²) in [6, 6.07) is 12.8. The van der Waals surface area contributed by atoms with Crippen LogP contribution in [0.1, 0.15) is 48.7 Å². The van der Waals surface area contributed by atoms with Gasteiger partial charge in [0.15, 0.2) is 0 Å². The van der Waals surface area contributed by atoms with Gasteiger partial charge in [-0.05, 0) is 62.6 Å². The van der Waals surface area contributed by atoms with Gasteiger partial charge in [0.1, 0.15) is 5.52 Å². The average molecular weight is 377 g/mol. The maximum absolute atomic E-state index is 12.6. The van der Waals surface area contributed by atoms with Gasteiger partial charge in [-0.25, -0.2) is 4.68 Å². The second-order valence-corrected chi connectivity index (χ2v) is 7.19. The Morgan fingerprint density at radius 1 is 1.18 bits per heavy atom. The number of aromatic nitrogens is 3. The predicted octanol–water partition coefficient (Wildman–Crippen LogP) is 3.29. The molecule has 0 aliphatic heterocycles. The Labute approximate surface area is 163 Å². The molecule has 1 aliphatic carbocycles. The van der Waals surface area contributed by atoms with Gasteiger partial charge in [0.2, 0.25) is 5.91 Å². The number of carbonyl (C=O) groups is 2. The molecule has 2 amide bonds. The number of aryl methyl sites for hydroxylation is 1. The van der Waals surface area contributed by atoms with E-state index in [4.69, 9.17) is 0 Å². The van der Waals surface area contributed by atoms with Gasteiger partial charge >= 0.3 is 0 Å². The summed E-state index contributed by atoms with van der Waals surface area (Å²) in [5, 5.41) is 14.1. The van der Waals surface area contributed by atoms with E-state index in [0.29, 0.717) is 11.1 Å². The standard InChI is InChI=1S/C21H23N5O2/c1-3-26-19-11-8-16(12-18(19)24-25-26)21(28)22-13(2)14-6-9-17(10-7-14)23-20(27)15-4-5-15/h6-13,15H,3-5H2,1-2H3,(H,22,28)(H,23,27). The molecule has 0 spiro atoms. The molecule has 0 bridgehead atoms. The molecule has 144 valence electrons. The third-order valence-electron chi connectivity index (χ3n) is 5.05. The first-order chi connectivity index (χ1) is 13.5. The highest BCUT2D eigenvalue weighted by Gasteiger charge is 2.29. The van der Waals surface area contributed by atoms with Crippen LogP contribution in [0.4, 0.5) is 5.69 Å². The van der Waals surface area contributed by atoms with Crippen molar-refractivity contribution in [2.45, 2.75) is 39.3 Å². The van der Waals surface area contributed by atoms with Crippen molar-refractivity contribution in [2.75, 3.05) is 5.32 Å². The van der Waals surface area contributed by atoms with E-state index in [1.54, 1.807) is 16.8 Å². The Morgan fingerprint density at radius 2 is 1.93 bits per heavy atom. The minimum absolute atomic E-state index is 0.0875. The lowest BCUT2D eigenvalue weighted by Gasteiger charge is -2.15. The molecule has 1 aromatic heterocycles. The first-order valence-corrected chi connectivity index (χ1v) is 9.60. The van der Waals surface area contributed by atoms with Crippen LogP contribution in [-0.4, -0.2) is 26.8 Å². The number of rotatable bonds is 6. The van der Waals surface area contributed by atoms with Crippen LogP contribution in [0.3, 0.4) is 0 Å². The van der Waals surface area contributed by atoms with Crippen LogP contribution in [-0.2, 0) is 11.3 Å². The maximum Gasteiger partial charge on any atom is 0.251 e. The predicted molar refractivity (Wildman–Crippen MR) is 107 cm³/mol. The van der Waals surface area contributed by atoms with Crippen LogP contribution in [0.25, 0.3) is 11.0 Å². The summed E-state index contributed by atoms with van der Waals surface area (Å²) in [5.41, 5.74) is 3.92. The topological polar surface area (TPSA) is 88.9 Å². The second kappa shape index (κ2) is 7.42. The van der Waals surface area contributed by atoms with Gasteiger partial charge in [-0.2, -0.15) is 0 Å². The Bertz CT molecular complexity index is 1020. The number of carbonyl (C=O) groups excluding carboxylic acids is 2. The number of fused-ring (bicyclic) bond motifs is 1. The molecule has 0 radical (unpaired) electrons. The number of hydrogen-bond acceptors (Lipinski definition) is 4. The summed E-state index contributed by atoms with van der Waals surface area (Å²) in [7, 11) is 0. The quantitative estimate of drug-likeness (QED) is 0.690. The van der Waals surface area contributed by atoms with E-state index in [2.05, 4.69) is 20.9 Å². The smallest absolute Gasteiger partial charge is 0.251 e. The number of benzene rings is 2. The minimum atomic E-state index is -0.164. The highest BCUT2D eigenvalue weighted by Crippen LogP contribution is 2.30. The molecule has 2 aromatic carbocycles. The van der Waals surface area contributed by atoms with Crippen molar-refractivity contribution < 1.29 is 9.59 Å². The molecule has 4 rings (SSSR count). The minimum Gasteiger partial charge on any atom is -0.346 e. The van der Waals surface area contributed by atoms with E-state index in [1.165, 1.54) is 0 Å². The van der Waals surface area contributed by atoms with Crippen molar-refractivity contribution >= 4 is 28.5 Å². The largest absolute Gasteiger partial charge is 0.346 e. The van der Waals surface area contributed by atoms with Gasteiger partial charge < -0.3 is 10.6 Å². The lowest BCUT2D eigenvalue weighted by molar-refractivity contribution is -0.117. The molecule has 1 fully saturated rings. The van der Waals surface area contributed by atoms with E-state index in [-0.39, 0.29) is 23.8 Å². The molecule has 1 unspecified atom stereocenters. The molecule has 1 heterocycles. The zero-order chi connectivity index (χ0) is 19.7. The Morgan fingerprint density at radius 3 is 2.61 bits per heavy atom. The number of nitrogens with zero attached hydrogens (tertiary/aromatic N) is 3. The van der Waals surface area contributed by atoms with E-state index < -0.39 is 0 Å². The van der Waals surface area contributed by atoms with Gasteiger partial charge in [-0.15, -0.1) is 5.10 Å². The Balaban J connectivity index is 1.41. The van der Waals surface area contributed by atoms with Crippen molar-refractivity contribution in [3.63, 3.8) is 0 Å². The SMILES string of the molecule is CCn1nnc2cc(C(=O)NC(C)c3ccc(NC(=O)C4CC4)cc3)ccc21. The van der Waals surface area contributed by atoms with Crippen LogP contribution in [0, 0.1) is 5.92 Å². The van der Waals surface area contributed by atoms with Crippen LogP contribution >= 0.6 is 0 Å². The lowest BCUT2D eigenvalue weighted by Crippen LogP contribution is -2.26. The molecule has 1 saturated carbocycles. The van der Waals surface area contributed by atoms with Crippen molar-refractivity contribution in [3.05, 3.63) is 53.6 Å². The molecule has 2 N–H and O–H groups in total. The van der Waals surface area contributed by atoms with Crippen molar-refractivity contribution in [1.29, 1.82) is 0 Å². The van der Waals surface area contributed by atoms with E-state index in [9.17, 15) is 9.59 Å². The van der Waals surface area contributed by atoms with E-state index >= 15 is 0 Å². The zero-order valence-corrected chi connectivity index (χ0v) is 16.0. The normalized spacial score (nSPS) is 14.6. The summed E-state index contributed by atoms with van der Waals surface area (Å²) in [4.78, 5) is 24.5. The van der Waals surface area contributed by atoms with Gasteiger partial charge in [-0.1, -0.05) is 17.3 Å². The molecule has 1 aliphatic rings. The number of nitrogens with one attached hydrogen (secondary N) is 2. The third-order valence-corrected chi connectivity index (χ3v) is 5.05. The van der Waals surface area contributed by atoms with Gasteiger partial charge in [0.25, 0.3) is 5.91 Å². The van der Waals surface area contributed by atoms with Crippen LogP contribution in [0.15, 0.2) is 42.5 Å². The monoisotopic (exact) mass is 377 g/mol. The molecular formula is C21H23N5O2. The molecule has 0 saturated heterocycles. The molecule has 7 heteroatoms. The van der Waals surface area contributed by atoms with Gasteiger partial charge in [-0.3, -0.25) is 9.59 Å². The first-order valence-electron chi connectivity index (χ1n) is 9.60. The van der Waals surface area contributed by atoms with Gasteiger partial charge in [0, 0.05) is 23.7 Å². The summed E-state index contributed by atoms with van der Waals surface area (Å²) in [6.45, 7) is 4.66. The Hall–Kier alpha value is -3.22. The lowest BCUT2D eigenvalue weighted by atomic mass is 10.1. The van der Waals surface area contributed by atoms with Crippen molar-refractivity contribution in [1.82, 2.24) is 20.3 Å². The molecular weight excluding hydrogens is 354 g/mol. The maximum atomic E-state index is 12.6. The first kappa shape index (κ1) is 18.2. The molecule has 7 nitrogen and oxygen atoms in total. The summed E-state index contributed by atoms with van der Waals surface area (Å²) in [5.74, 6) is 0.102. The van der Waals surface area contributed by atoms with E-state index in [0.717, 1.165) is 36.2 Å².